The second-order valence-corrected chi connectivity index (χ2v) is 6.00. The van der Waals surface area contributed by atoms with Crippen molar-refractivity contribution >= 4 is 12.0 Å². The Morgan fingerprint density at radius 3 is 2.75 bits per heavy atom. The van der Waals surface area contributed by atoms with Crippen molar-refractivity contribution in [1.82, 2.24) is 19.7 Å². The number of aryl methyl sites for hydroxylation is 2. The van der Waals surface area contributed by atoms with E-state index in [1.165, 1.54) is 0 Å². The Bertz CT molecular complexity index is 804. The first kappa shape index (κ1) is 14.7. The Hall–Kier alpha value is -2.87. The SMILES string of the molecule is O=C(O)C1c2nn(CCc3ccccc3)cc2[C@H]2CN1C(=O)N2O. The lowest BCUT2D eigenvalue weighted by atomic mass is 9.98. The average molecular weight is 328 g/mol. The summed E-state index contributed by atoms with van der Waals surface area (Å²) in [5.41, 5.74) is 2.08. The molecule has 1 fully saturated rings. The molecule has 0 spiro atoms. The van der Waals surface area contributed by atoms with Crippen molar-refractivity contribution in [2.24, 2.45) is 0 Å². The smallest absolute Gasteiger partial charge is 0.345 e. The number of hydrogen-bond donors (Lipinski definition) is 2. The van der Waals surface area contributed by atoms with Crippen LogP contribution in [0.1, 0.15) is 28.9 Å². The Balaban J connectivity index is 1.64. The molecule has 2 atom stereocenters. The second kappa shape index (κ2) is 5.34. The monoisotopic (exact) mass is 328 g/mol. The van der Waals surface area contributed by atoms with Crippen LogP contribution in [0.5, 0.6) is 0 Å². The van der Waals surface area contributed by atoms with E-state index in [4.69, 9.17) is 0 Å². The van der Waals surface area contributed by atoms with Crippen LogP contribution in [0.3, 0.4) is 0 Å². The highest BCUT2D eigenvalue weighted by Gasteiger charge is 2.51. The molecule has 0 saturated carbocycles. The van der Waals surface area contributed by atoms with Crippen molar-refractivity contribution in [2.45, 2.75) is 25.0 Å². The van der Waals surface area contributed by atoms with Gasteiger partial charge in [-0.15, -0.1) is 0 Å². The molecule has 8 nitrogen and oxygen atoms in total. The van der Waals surface area contributed by atoms with Gasteiger partial charge in [0.15, 0.2) is 6.04 Å². The molecule has 1 aromatic heterocycles. The highest BCUT2D eigenvalue weighted by atomic mass is 16.5. The van der Waals surface area contributed by atoms with Crippen LogP contribution in [0, 0.1) is 0 Å². The van der Waals surface area contributed by atoms with Crippen molar-refractivity contribution in [3.05, 3.63) is 53.3 Å². The Labute approximate surface area is 137 Å². The van der Waals surface area contributed by atoms with Gasteiger partial charge in [-0.1, -0.05) is 30.3 Å². The maximum atomic E-state index is 12.0. The summed E-state index contributed by atoms with van der Waals surface area (Å²) in [7, 11) is 0. The van der Waals surface area contributed by atoms with Crippen LogP contribution in [0.25, 0.3) is 0 Å². The quantitative estimate of drug-likeness (QED) is 0.827. The van der Waals surface area contributed by atoms with Gasteiger partial charge in [0.25, 0.3) is 0 Å². The van der Waals surface area contributed by atoms with E-state index in [1.54, 1.807) is 10.9 Å². The number of carbonyl (C=O) groups is 2. The number of urea groups is 1. The summed E-state index contributed by atoms with van der Waals surface area (Å²) in [5, 5.41) is 24.4. The largest absolute Gasteiger partial charge is 0.479 e. The molecule has 2 aliphatic rings. The molecule has 1 unspecified atom stereocenters. The number of nitrogens with zero attached hydrogens (tertiary/aromatic N) is 4. The van der Waals surface area contributed by atoms with Gasteiger partial charge in [-0.3, -0.25) is 9.89 Å². The Kier molecular flexibility index (Phi) is 3.27. The minimum atomic E-state index is -1.15. The molecule has 24 heavy (non-hydrogen) atoms. The average Bonchev–Trinajstić information content (AvgIpc) is 3.10. The van der Waals surface area contributed by atoms with Crippen molar-refractivity contribution in [1.29, 1.82) is 0 Å². The third kappa shape index (κ3) is 2.15. The van der Waals surface area contributed by atoms with E-state index in [0.29, 0.717) is 22.9 Å². The topological polar surface area (TPSA) is 98.9 Å². The van der Waals surface area contributed by atoms with Crippen molar-refractivity contribution < 1.29 is 19.9 Å². The fraction of sp³-hybridized carbons (Fsp3) is 0.312. The molecule has 8 heteroatoms. The van der Waals surface area contributed by atoms with Crippen molar-refractivity contribution in [3.63, 3.8) is 0 Å². The lowest BCUT2D eigenvalue weighted by molar-refractivity contribution is -0.142. The fourth-order valence-corrected chi connectivity index (χ4v) is 3.37. The van der Waals surface area contributed by atoms with Crippen molar-refractivity contribution in [3.8, 4) is 0 Å². The molecule has 2 bridgehead atoms. The molecule has 2 aromatic rings. The van der Waals surface area contributed by atoms with Crippen molar-refractivity contribution in [2.75, 3.05) is 6.54 Å². The Morgan fingerprint density at radius 1 is 1.29 bits per heavy atom. The van der Waals surface area contributed by atoms with E-state index in [2.05, 4.69) is 5.10 Å². The normalized spacial score (nSPS) is 22.0. The molecule has 1 saturated heterocycles. The molecule has 1 aromatic carbocycles. The Morgan fingerprint density at radius 2 is 2.04 bits per heavy atom. The molecular weight excluding hydrogens is 312 g/mol. The highest BCUT2D eigenvalue weighted by Crippen LogP contribution is 2.42. The summed E-state index contributed by atoms with van der Waals surface area (Å²) in [5.74, 6) is -1.15. The number of benzene rings is 1. The van der Waals surface area contributed by atoms with E-state index in [9.17, 15) is 19.9 Å². The first-order chi connectivity index (χ1) is 11.6. The standard InChI is InChI=1S/C16H16N4O4/c21-15(22)14-13-11(12-9-19(14)16(23)20(12)24)8-18(17-13)7-6-10-4-2-1-3-5-10/h1-5,8,12,14,24H,6-7,9H2,(H,21,22)/t12-,14?/m1/s1. The number of carboxylic acid groups (broad SMARTS) is 1. The molecule has 4 rings (SSSR count). The van der Waals surface area contributed by atoms with Gasteiger partial charge in [0.2, 0.25) is 0 Å². The molecule has 2 N–H and O–H groups in total. The van der Waals surface area contributed by atoms with E-state index in [1.807, 2.05) is 30.3 Å². The molecule has 0 aliphatic carbocycles. The zero-order valence-electron chi connectivity index (χ0n) is 12.7. The second-order valence-electron chi connectivity index (χ2n) is 6.00. The van der Waals surface area contributed by atoms with Crippen LogP contribution in [-0.4, -0.2) is 48.6 Å². The van der Waals surface area contributed by atoms with Gasteiger partial charge in [-0.25, -0.2) is 9.59 Å². The molecule has 2 amide bonds. The predicted octanol–water partition coefficient (Wildman–Crippen LogP) is 1.43. The summed E-state index contributed by atoms with van der Waals surface area (Å²) in [6, 6.07) is 7.51. The van der Waals surface area contributed by atoms with E-state index in [-0.39, 0.29) is 6.54 Å². The van der Waals surface area contributed by atoms with E-state index in [0.717, 1.165) is 16.9 Å². The number of aliphatic carboxylic acids is 1. The van der Waals surface area contributed by atoms with Crippen LogP contribution >= 0.6 is 0 Å². The number of fused-ring (bicyclic) bond motifs is 4. The highest BCUT2D eigenvalue weighted by molar-refractivity contribution is 5.86. The van der Waals surface area contributed by atoms with Crippen LogP contribution in [0.4, 0.5) is 4.79 Å². The molecule has 0 radical (unpaired) electrons. The predicted molar refractivity (Wildman–Crippen MR) is 81.2 cm³/mol. The summed E-state index contributed by atoms with van der Waals surface area (Å²) >= 11 is 0. The maximum absolute atomic E-state index is 12.0. The zero-order chi connectivity index (χ0) is 16.8. The maximum Gasteiger partial charge on any atom is 0.345 e. The first-order valence-corrected chi connectivity index (χ1v) is 7.69. The molecule has 2 aliphatic heterocycles. The van der Waals surface area contributed by atoms with Gasteiger partial charge in [0, 0.05) is 18.3 Å². The summed E-state index contributed by atoms with van der Waals surface area (Å²) < 4.78 is 1.69. The minimum Gasteiger partial charge on any atom is -0.479 e. The number of hydrogen-bond acceptors (Lipinski definition) is 4. The van der Waals surface area contributed by atoms with Crippen LogP contribution in [-0.2, 0) is 17.8 Å². The number of hydroxylamine groups is 2. The molecule has 124 valence electrons. The van der Waals surface area contributed by atoms with Gasteiger partial charge < -0.3 is 10.0 Å². The van der Waals surface area contributed by atoms with Gasteiger partial charge in [0.05, 0.1) is 6.54 Å². The summed E-state index contributed by atoms with van der Waals surface area (Å²) in [4.78, 5) is 24.7. The lowest BCUT2D eigenvalue weighted by Gasteiger charge is -2.25. The summed E-state index contributed by atoms with van der Waals surface area (Å²) in [6.45, 7) is 0.749. The van der Waals surface area contributed by atoms with Crippen LogP contribution in [0.15, 0.2) is 36.5 Å². The van der Waals surface area contributed by atoms with Gasteiger partial charge in [-0.2, -0.15) is 10.2 Å². The zero-order valence-corrected chi connectivity index (χ0v) is 12.7. The van der Waals surface area contributed by atoms with Crippen LogP contribution < -0.4 is 0 Å². The van der Waals surface area contributed by atoms with E-state index < -0.39 is 24.1 Å². The minimum absolute atomic E-state index is 0.156. The number of aromatic nitrogens is 2. The number of rotatable bonds is 4. The van der Waals surface area contributed by atoms with E-state index >= 15 is 0 Å². The third-order valence-electron chi connectivity index (χ3n) is 4.56. The molecule has 3 heterocycles. The fourth-order valence-electron chi connectivity index (χ4n) is 3.37. The number of amides is 2. The number of carboxylic acids is 1. The van der Waals surface area contributed by atoms with Gasteiger partial charge >= 0.3 is 12.0 Å². The van der Waals surface area contributed by atoms with Gasteiger partial charge in [-0.05, 0) is 12.0 Å². The lowest BCUT2D eigenvalue weighted by Crippen LogP contribution is -2.38. The molecular formula is C16H16N4O4. The third-order valence-corrected chi connectivity index (χ3v) is 4.56. The first-order valence-electron chi connectivity index (χ1n) is 7.69. The number of carbonyl (C=O) groups excluding carboxylic acids is 1. The van der Waals surface area contributed by atoms with Gasteiger partial charge in [0.1, 0.15) is 11.7 Å². The summed E-state index contributed by atoms with van der Waals surface area (Å²) in [6.07, 6.45) is 2.49. The van der Waals surface area contributed by atoms with Crippen LogP contribution in [0.2, 0.25) is 0 Å².